The monoisotopic (exact) mass is 394 g/mol. The van der Waals surface area contributed by atoms with Gasteiger partial charge >= 0.3 is 0 Å². The largest absolute Gasteiger partial charge is 0.484 e. The summed E-state index contributed by atoms with van der Waals surface area (Å²) in [5.74, 6) is 3.39. The lowest BCUT2D eigenvalue weighted by Crippen LogP contribution is -2.48. The lowest BCUT2D eigenvalue weighted by molar-refractivity contribution is -0.136. The number of nitrogens with one attached hydrogen (secondary N) is 1. The fourth-order valence-electron chi connectivity index (χ4n) is 3.50. The van der Waals surface area contributed by atoms with Crippen LogP contribution in [0.3, 0.4) is 0 Å². The molecule has 2 aliphatic heterocycles. The quantitative estimate of drug-likeness (QED) is 0.759. The number of benzene rings is 1. The summed E-state index contributed by atoms with van der Waals surface area (Å²) in [6.45, 7) is 5.08. The van der Waals surface area contributed by atoms with Crippen molar-refractivity contribution in [2.24, 2.45) is 0 Å². The molecule has 144 valence electrons. The van der Waals surface area contributed by atoms with Crippen LogP contribution in [-0.4, -0.2) is 54.6 Å². The summed E-state index contributed by atoms with van der Waals surface area (Å²) in [7, 11) is 0. The van der Waals surface area contributed by atoms with Gasteiger partial charge in [0.05, 0.1) is 4.58 Å². The molecule has 0 saturated carbocycles. The summed E-state index contributed by atoms with van der Waals surface area (Å²) in [6, 6.07) is 8.66. The summed E-state index contributed by atoms with van der Waals surface area (Å²) in [4.78, 5) is 14.7. The van der Waals surface area contributed by atoms with Gasteiger partial charge < -0.3 is 15.0 Å². The van der Waals surface area contributed by atoms with E-state index < -0.39 is 0 Å². The zero-order valence-corrected chi connectivity index (χ0v) is 17.2. The molecule has 0 aliphatic carbocycles. The lowest BCUT2D eigenvalue weighted by Gasteiger charge is -2.34. The van der Waals surface area contributed by atoms with Gasteiger partial charge in [-0.1, -0.05) is 19.1 Å². The Morgan fingerprint density at radius 1 is 1.19 bits per heavy atom. The maximum absolute atomic E-state index is 12.7. The molecule has 2 heterocycles. The van der Waals surface area contributed by atoms with Crippen LogP contribution in [0.15, 0.2) is 24.3 Å². The molecule has 3 rings (SSSR count). The van der Waals surface area contributed by atoms with Gasteiger partial charge in [-0.25, -0.2) is 0 Å². The van der Waals surface area contributed by atoms with E-state index in [1.807, 2.05) is 40.6 Å². The van der Waals surface area contributed by atoms with Gasteiger partial charge in [0.25, 0.3) is 5.91 Å². The topological polar surface area (TPSA) is 41.6 Å². The highest BCUT2D eigenvalue weighted by molar-refractivity contribution is 8.16. The summed E-state index contributed by atoms with van der Waals surface area (Å²) in [6.07, 6.45) is 4.37. The van der Waals surface area contributed by atoms with Crippen LogP contribution in [-0.2, 0) is 4.79 Å². The van der Waals surface area contributed by atoms with E-state index in [4.69, 9.17) is 4.74 Å². The van der Waals surface area contributed by atoms with E-state index in [-0.39, 0.29) is 12.5 Å². The number of rotatable bonds is 7. The zero-order chi connectivity index (χ0) is 18.2. The Kier molecular flexibility index (Phi) is 8.02. The Morgan fingerprint density at radius 3 is 2.54 bits per heavy atom. The van der Waals surface area contributed by atoms with Crippen LogP contribution >= 0.6 is 23.5 Å². The van der Waals surface area contributed by atoms with E-state index in [9.17, 15) is 4.79 Å². The molecule has 0 spiro atoms. The number of carbonyl (C=O) groups is 1. The minimum atomic E-state index is 0.112. The maximum Gasteiger partial charge on any atom is 0.260 e. The van der Waals surface area contributed by atoms with E-state index in [0.29, 0.717) is 10.6 Å². The zero-order valence-electron chi connectivity index (χ0n) is 15.6. The summed E-state index contributed by atoms with van der Waals surface area (Å²) >= 11 is 4.04. The van der Waals surface area contributed by atoms with Crippen molar-refractivity contribution in [2.75, 3.05) is 37.7 Å². The second kappa shape index (κ2) is 10.5. The smallest absolute Gasteiger partial charge is 0.260 e. The third kappa shape index (κ3) is 5.57. The molecule has 1 amide bonds. The van der Waals surface area contributed by atoms with E-state index in [0.717, 1.165) is 44.6 Å². The molecule has 0 aromatic heterocycles. The average molecular weight is 395 g/mol. The normalized spacial score (nSPS) is 19.3. The lowest BCUT2D eigenvalue weighted by atomic mass is 10.0. The molecule has 1 N–H and O–H groups in total. The van der Waals surface area contributed by atoms with Crippen LogP contribution in [0.2, 0.25) is 0 Å². The first-order chi connectivity index (χ1) is 12.8. The number of piperidine rings is 1. The third-order valence-electron chi connectivity index (χ3n) is 4.88. The first kappa shape index (κ1) is 19.9. The highest BCUT2D eigenvalue weighted by atomic mass is 32.2. The van der Waals surface area contributed by atoms with E-state index in [2.05, 4.69) is 24.4 Å². The summed E-state index contributed by atoms with van der Waals surface area (Å²) in [5.41, 5.74) is 1.35. The van der Waals surface area contributed by atoms with E-state index >= 15 is 0 Å². The van der Waals surface area contributed by atoms with Gasteiger partial charge in [0.2, 0.25) is 0 Å². The third-order valence-corrected chi connectivity index (χ3v) is 7.89. The second-order valence-electron chi connectivity index (χ2n) is 6.85. The predicted octanol–water partition coefficient (Wildman–Crippen LogP) is 3.92. The van der Waals surface area contributed by atoms with Gasteiger partial charge in [-0.15, -0.1) is 23.5 Å². The second-order valence-corrected chi connectivity index (χ2v) is 9.58. The Morgan fingerprint density at radius 2 is 1.88 bits per heavy atom. The van der Waals surface area contributed by atoms with Crippen molar-refractivity contribution in [1.29, 1.82) is 0 Å². The van der Waals surface area contributed by atoms with Crippen molar-refractivity contribution < 1.29 is 9.53 Å². The van der Waals surface area contributed by atoms with Gasteiger partial charge in [-0.3, -0.25) is 4.79 Å². The van der Waals surface area contributed by atoms with Crippen LogP contribution in [0.4, 0.5) is 0 Å². The van der Waals surface area contributed by atoms with E-state index in [1.54, 1.807) is 0 Å². The Hall–Kier alpha value is -0.850. The molecule has 2 saturated heterocycles. The molecule has 0 bridgehead atoms. The van der Waals surface area contributed by atoms with Gasteiger partial charge in [-0.2, -0.15) is 0 Å². The molecule has 1 aromatic carbocycles. The van der Waals surface area contributed by atoms with Gasteiger partial charge in [0, 0.05) is 12.6 Å². The maximum atomic E-state index is 12.7. The van der Waals surface area contributed by atoms with Gasteiger partial charge in [0.1, 0.15) is 5.75 Å². The molecule has 26 heavy (non-hydrogen) atoms. The Balaban J connectivity index is 1.52. The van der Waals surface area contributed by atoms with Crippen LogP contribution < -0.4 is 10.1 Å². The Bertz CT molecular complexity index is 555. The first-order valence-corrected chi connectivity index (χ1v) is 11.8. The van der Waals surface area contributed by atoms with Gasteiger partial charge in [0.15, 0.2) is 6.61 Å². The molecular formula is C20H30N2O2S2. The molecule has 0 atom stereocenters. The van der Waals surface area contributed by atoms with Crippen molar-refractivity contribution in [2.45, 2.75) is 43.2 Å². The Labute approximate surface area is 165 Å². The summed E-state index contributed by atoms with van der Waals surface area (Å²) < 4.78 is 6.35. The average Bonchev–Trinajstić information content (AvgIpc) is 2.72. The predicted molar refractivity (Wildman–Crippen MR) is 112 cm³/mol. The van der Waals surface area contributed by atoms with Crippen molar-refractivity contribution in [1.82, 2.24) is 10.2 Å². The number of ether oxygens (including phenoxy) is 1. The van der Waals surface area contributed by atoms with Crippen molar-refractivity contribution >= 4 is 29.4 Å². The van der Waals surface area contributed by atoms with E-state index in [1.165, 1.54) is 23.5 Å². The standard InChI is InChI=1S/C20H30N2O2S2/c1-2-12-22(17-8-10-21-11-9-17)19(23)15-24-18-6-4-16(5-7-18)20-25-13-3-14-26-20/h4-7,17,20-21H,2-3,8-15H2,1H3. The van der Waals surface area contributed by atoms with Crippen molar-refractivity contribution in [3.63, 3.8) is 0 Å². The van der Waals surface area contributed by atoms with Crippen LogP contribution in [0.25, 0.3) is 0 Å². The van der Waals surface area contributed by atoms with Crippen LogP contribution in [0, 0.1) is 0 Å². The number of carbonyl (C=O) groups excluding carboxylic acids is 1. The van der Waals surface area contributed by atoms with Crippen molar-refractivity contribution in [3.8, 4) is 5.75 Å². The highest BCUT2D eigenvalue weighted by Gasteiger charge is 2.25. The van der Waals surface area contributed by atoms with Crippen LogP contribution in [0.1, 0.15) is 42.8 Å². The van der Waals surface area contributed by atoms with Crippen LogP contribution in [0.5, 0.6) is 5.75 Å². The minimum absolute atomic E-state index is 0.112. The SMILES string of the molecule is CCCN(C(=O)COc1ccc(C2SCCCS2)cc1)C1CCNCC1. The van der Waals surface area contributed by atoms with Crippen molar-refractivity contribution in [3.05, 3.63) is 29.8 Å². The molecule has 6 heteroatoms. The molecule has 4 nitrogen and oxygen atoms in total. The van der Waals surface area contributed by atoms with Gasteiger partial charge in [-0.05, 0) is 68.0 Å². The molecule has 0 radical (unpaired) electrons. The molecular weight excluding hydrogens is 364 g/mol. The fraction of sp³-hybridized carbons (Fsp3) is 0.650. The minimum Gasteiger partial charge on any atom is -0.484 e. The highest BCUT2D eigenvalue weighted by Crippen LogP contribution is 2.43. The molecule has 1 aromatic rings. The molecule has 2 fully saturated rings. The number of hydrogen-bond donors (Lipinski definition) is 1. The first-order valence-electron chi connectivity index (χ1n) is 9.74. The fourth-order valence-corrected chi connectivity index (χ4v) is 6.39. The number of nitrogens with zero attached hydrogens (tertiary/aromatic N) is 1. The summed E-state index contributed by atoms with van der Waals surface area (Å²) in [5, 5.41) is 3.37. The number of hydrogen-bond acceptors (Lipinski definition) is 5. The molecule has 2 aliphatic rings. The number of thioether (sulfide) groups is 2. The molecule has 0 unspecified atom stereocenters. The number of amides is 1.